The van der Waals surface area contributed by atoms with Crippen molar-refractivity contribution in [3.63, 3.8) is 0 Å². The maximum atomic E-state index is 11.2. The molecule has 6 heteroatoms. The average molecular weight is 198 g/mol. The Kier molecular flexibility index (Phi) is 3.58. The lowest BCUT2D eigenvalue weighted by Gasteiger charge is -2.09. The minimum atomic E-state index is 0.0270. The molecule has 0 fully saturated rings. The summed E-state index contributed by atoms with van der Waals surface area (Å²) in [5.41, 5.74) is 1.48. The first kappa shape index (κ1) is 10.6. The highest BCUT2D eigenvalue weighted by atomic mass is 16.6. The Morgan fingerprint density at radius 3 is 2.71 bits per heavy atom. The van der Waals surface area contributed by atoms with E-state index in [-0.39, 0.29) is 5.91 Å². The van der Waals surface area contributed by atoms with Gasteiger partial charge in [0.2, 0.25) is 5.91 Å². The second-order valence-electron chi connectivity index (χ2n) is 3.19. The van der Waals surface area contributed by atoms with Gasteiger partial charge in [-0.15, -0.1) is 0 Å². The Morgan fingerprint density at radius 2 is 2.21 bits per heavy atom. The SMILES string of the molecule is Cc1nonc1CNCC(=O)N(C)C. The van der Waals surface area contributed by atoms with E-state index in [1.165, 1.54) is 4.90 Å². The van der Waals surface area contributed by atoms with Crippen LogP contribution >= 0.6 is 0 Å². The molecular formula is C8H14N4O2. The van der Waals surface area contributed by atoms with E-state index in [9.17, 15) is 4.79 Å². The number of carbonyl (C=O) groups is 1. The van der Waals surface area contributed by atoms with Gasteiger partial charge in [0, 0.05) is 20.6 Å². The molecule has 0 saturated heterocycles. The van der Waals surface area contributed by atoms with Crippen LogP contribution in [0.15, 0.2) is 4.63 Å². The van der Waals surface area contributed by atoms with Gasteiger partial charge in [-0.1, -0.05) is 10.3 Å². The van der Waals surface area contributed by atoms with Crippen molar-refractivity contribution in [2.75, 3.05) is 20.6 Å². The Hall–Kier alpha value is -1.43. The largest absolute Gasteiger partial charge is 0.348 e. The Morgan fingerprint density at radius 1 is 1.50 bits per heavy atom. The molecule has 0 atom stereocenters. The highest BCUT2D eigenvalue weighted by Crippen LogP contribution is 1.98. The van der Waals surface area contributed by atoms with Crippen molar-refractivity contribution in [1.29, 1.82) is 0 Å². The van der Waals surface area contributed by atoms with Gasteiger partial charge in [-0.05, 0) is 6.92 Å². The molecule has 1 amide bonds. The number of aryl methyl sites for hydroxylation is 1. The monoisotopic (exact) mass is 198 g/mol. The lowest BCUT2D eigenvalue weighted by atomic mass is 10.3. The van der Waals surface area contributed by atoms with Gasteiger partial charge in [0.05, 0.1) is 6.54 Å². The fourth-order valence-corrected chi connectivity index (χ4v) is 0.856. The van der Waals surface area contributed by atoms with E-state index in [0.717, 1.165) is 11.4 Å². The number of amides is 1. The number of likely N-dealkylation sites (N-methyl/N-ethyl adjacent to an activating group) is 1. The van der Waals surface area contributed by atoms with Crippen LogP contribution in [0, 0.1) is 6.92 Å². The standard InChI is InChI=1S/C8H14N4O2/c1-6-7(11-14-10-6)4-9-5-8(13)12(2)3/h9H,4-5H2,1-3H3. The van der Waals surface area contributed by atoms with Crippen LogP contribution in [0.3, 0.4) is 0 Å². The van der Waals surface area contributed by atoms with Gasteiger partial charge < -0.3 is 10.2 Å². The molecular weight excluding hydrogens is 184 g/mol. The van der Waals surface area contributed by atoms with Gasteiger partial charge in [-0.2, -0.15) is 0 Å². The molecule has 0 spiro atoms. The third kappa shape index (κ3) is 2.81. The zero-order chi connectivity index (χ0) is 10.6. The van der Waals surface area contributed by atoms with Crippen molar-refractivity contribution < 1.29 is 9.42 Å². The van der Waals surface area contributed by atoms with Crippen LogP contribution in [0.2, 0.25) is 0 Å². The first-order valence-electron chi connectivity index (χ1n) is 4.30. The average Bonchev–Trinajstić information content (AvgIpc) is 2.51. The summed E-state index contributed by atoms with van der Waals surface area (Å²) in [6.07, 6.45) is 0. The maximum absolute atomic E-state index is 11.2. The van der Waals surface area contributed by atoms with E-state index < -0.39 is 0 Å². The molecule has 0 aromatic carbocycles. The number of nitrogens with one attached hydrogen (secondary N) is 1. The molecule has 1 rings (SSSR count). The molecule has 0 aliphatic carbocycles. The first-order chi connectivity index (χ1) is 6.61. The summed E-state index contributed by atoms with van der Waals surface area (Å²) in [6, 6.07) is 0. The summed E-state index contributed by atoms with van der Waals surface area (Å²) in [7, 11) is 3.43. The van der Waals surface area contributed by atoms with Gasteiger partial charge in [0.1, 0.15) is 11.4 Å². The maximum Gasteiger partial charge on any atom is 0.236 e. The van der Waals surface area contributed by atoms with Crippen LogP contribution in [0.1, 0.15) is 11.4 Å². The molecule has 1 aromatic heterocycles. The highest BCUT2D eigenvalue weighted by molar-refractivity contribution is 5.77. The predicted molar refractivity (Wildman–Crippen MR) is 49.4 cm³/mol. The summed E-state index contributed by atoms with van der Waals surface area (Å²) in [6.45, 7) is 2.59. The molecule has 0 saturated carbocycles. The van der Waals surface area contributed by atoms with E-state index in [4.69, 9.17) is 0 Å². The van der Waals surface area contributed by atoms with Gasteiger partial charge in [0.15, 0.2) is 0 Å². The number of carbonyl (C=O) groups excluding carboxylic acids is 1. The molecule has 78 valence electrons. The normalized spacial score (nSPS) is 10.2. The van der Waals surface area contributed by atoms with Crippen LogP contribution in [0.5, 0.6) is 0 Å². The third-order valence-electron chi connectivity index (χ3n) is 1.81. The number of hydrogen-bond acceptors (Lipinski definition) is 5. The molecule has 0 aliphatic rings. The molecule has 6 nitrogen and oxygen atoms in total. The van der Waals surface area contributed by atoms with Gasteiger partial charge >= 0.3 is 0 Å². The molecule has 1 aromatic rings. The van der Waals surface area contributed by atoms with Crippen molar-refractivity contribution in [1.82, 2.24) is 20.5 Å². The van der Waals surface area contributed by atoms with Crippen molar-refractivity contribution >= 4 is 5.91 Å². The molecule has 1 heterocycles. The number of hydrogen-bond donors (Lipinski definition) is 1. The first-order valence-corrected chi connectivity index (χ1v) is 4.30. The molecule has 0 unspecified atom stereocenters. The highest BCUT2D eigenvalue weighted by Gasteiger charge is 2.06. The van der Waals surface area contributed by atoms with Crippen LogP contribution in [0.4, 0.5) is 0 Å². The van der Waals surface area contributed by atoms with Crippen molar-refractivity contribution in [2.24, 2.45) is 0 Å². The Balaban J connectivity index is 2.29. The zero-order valence-electron chi connectivity index (χ0n) is 8.57. The lowest BCUT2D eigenvalue weighted by Crippen LogP contribution is -2.32. The third-order valence-corrected chi connectivity index (χ3v) is 1.81. The van der Waals surface area contributed by atoms with E-state index in [2.05, 4.69) is 20.3 Å². The van der Waals surface area contributed by atoms with Crippen molar-refractivity contribution in [2.45, 2.75) is 13.5 Å². The second-order valence-corrected chi connectivity index (χ2v) is 3.19. The van der Waals surface area contributed by atoms with E-state index in [1.807, 2.05) is 0 Å². The van der Waals surface area contributed by atoms with Crippen LogP contribution in [-0.4, -0.2) is 41.8 Å². The van der Waals surface area contributed by atoms with E-state index in [1.54, 1.807) is 21.0 Å². The number of aromatic nitrogens is 2. The fourth-order valence-electron chi connectivity index (χ4n) is 0.856. The van der Waals surface area contributed by atoms with Gasteiger partial charge in [-0.3, -0.25) is 4.79 Å². The lowest BCUT2D eigenvalue weighted by molar-refractivity contribution is -0.127. The van der Waals surface area contributed by atoms with Crippen LogP contribution < -0.4 is 5.32 Å². The summed E-state index contributed by atoms with van der Waals surface area (Å²) < 4.78 is 4.51. The molecule has 14 heavy (non-hydrogen) atoms. The quantitative estimate of drug-likeness (QED) is 0.710. The summed E-state index contributed by atoms with van der Waals surface area (Å²) in [5, 5.41) is 10.3. The minimum absolute atomic E-state index is 0.0270. The van der Waals surface area contributed by atoms with Crippen molar-refractivity contribution in [3.8, 4) is 0 Å². The minimum Gasteiger partial charge on any atom is -0.348 e. The summed E-state index contributed by atoms with van der Waals surface area (Å²) >= 11 is 0. The van der Waals surface area contributed by atoms with Gasteiger partial charge in [0.25, 0.3) is 0 Å². The van der Waals surface area contributed by atoms with Crippen molar-refractivity contribution in [3.05, 3.63) is 11.4 Å². The molecule has 0 bridgehead atoms. The summed E-state index contributed by atoms with van der Waals surface area (Å²) in [4.78, 5) is 12.7. The Bertz CT molecular complexity index is 308. The summed E-state index contributed by atoms with van der Waals surface area (Å²) in [5.74, 6) is 0.0270. The van der Waals surface area contributed by atoms with E-state index >= 15 is 0 Å². The zero-order valence-corrected chi connectivity index (χ0v) is 8.57. The molecule has 0 radical (unpaired) electrons. The van der Waals surface area contributed by atoms with Gasteiger partial charge in [-0.25, -0.2) is 4.63 Å². The topological polar surface area (TPSA) is 71.3 Å². The predicted octanol–water partition coefficient (Wildman–Crippen LogP) is -0.444. The Labute approximate surface area is 82.2 Å². The van der Waals surface area contributed by atoms with Crippen LogP contribution in [-0.2, 0) is 11.3 Å². The van der Waals surface area contributed by atoms with E-state index in [0.29, 0.717) is 13.1 Å². The van der Waals surface area contributed by atoms with Crippen LogP contribution in [0.25, 0.3) is 0 Å². The molecule has 1 N–H and O–H groups in total. The number of nitrogens with zero attached hydrogens (tertiary/aromatic N) is 3. The fraction of sp³-hybridized carbons (Fsp3) is 0.625. The smallest absolute Gasteiger partial charge is 0.236 e. The number of rotatable bonds is 4. The second kappa shape index (κ2) is 4.71. The molecule has 0 aliphatic heterocycles.